The lowest BCUT2D eigenvalue weighted by atomic mass is 9.80. The predicted molar refractivity (Wildman–Crippen MR) is 139 cm³/mol. The van der Waals surface area contributed by atoms with Crippen molar-refractivity contribution in [3.63, 3.8) is 0 Å². The molecule has 0 unspecified atom stereocenters. The number of hydrogen-bond donors (Lipinski definition) is 0. The van der Waals surface area contributed by atoms with Crippen LogP contribution in [0.3, 0.4) is 0 Å². The zero-order valence-corrected chi connectivity index (χ0v) is 22.4. The van der Waals surface area contributed by atoms with Crippen molar-refractivity contribution >= 4 is 5.78 Å². The molecule has 0 bridgehead atoms. The van der Waals surface area contributed by atoms with E-state index < -0.39 is 11.8 Å². The van der Waals surface area contributed by atoms with E-state index in [2.05, 4.69) is 0 Å². The van der Waals surface area contributed by atoms with Crippen LogP contribution in [-0.2, 0) is 0 Å². The van der Waals surface area contributed by atoms with Gasteiger partial charge in [0.05, 0.1) is 55.7 Å². The molecular formula is C29H32O8. The molecule has 1 aliphatic carbocycles. The quantitative estimate of drug-likeness (QED) is 0.392. The molecule has 1 aliphatic rings. The number of hydrogen-bond acceptors (Lipinski definition) is 8. The third-order valence-corrected chi connectivity index (χ3v) is 6.88. The zero-order valence-electron chi connectivity index (χ0n) is 22.4. The number of rotatable bonds is 9. The minimum Gasteiger partial charge on any atom is -0.496 e. The van der Waals surface area contributed by atoms with E-state index in [-0.39, 0.29) is 5.78 Å². The van der Waals surface area contributed by atoms with E-state index in [1.54, 1.807) is 48.7 Å². The SMILES string of the molecule is COc1ccc([C@@H]2c3c(cc(OC)c(OC)c3OC)C(=O)[C@H]2c2cc(OC)c(OC)c(OC)c2)cc1C. The minimum atomic E-state index is -0.609. The van der Waals surface area contributed by atoms with Gasteiger partial charge in [-0.1, -0.05) is 12.1 Å². The van der Waals surface area contributed by atoms with Crippen molar-refractivity contribution < 1.29 is 38.0 Å². The molecule has 0 fully saturated rings. The third-order valence-electron chi connectivity index (χ3n) is 6.88. The Morgan fingerprint density at radius 2 is 1.08 bits per heavy atom. The molecule has 0 radical (unpaired) electrons. The fourth-order valence-corrected chi connectivity index (χ4v) is 5.26. The summed E-state index contributed by atoms with van der Waals surface area (Å²) in [5.41, 5.74) is 3.83. The van der Waals surface area contributed by atoms with Gasteiger partial charge in [0.1, 0.15) is 5.75 Å². The third kappa shape index (κ3) is 4.16. The van der Waals surface area contributed by atoms with Gasteiger partial charge in [0.15, 0.2) is 28.8 Å². The molecule has 8 heteroatoms. The van der Waals surface area contributed by atoms with Gasteiger partial charge < -0.3 is 33.2 Å². The summed E-state index contributed by atoms with van der Waals surface area (Å²) in [6.07, 6.45) is 0. The summed E-state index contributed by atoms with van der Waals surface area (Å²) in [4.78, 5) is 14.2. The Morgan fingerprint density at radius 1 is 0.541 bits per heavy atom. The van der Waals surface area contributed by atoms with Crippen LogP contribution in [0, 0.1) is 6.92 Å². The number of ether oxygens (including phenoxy) is 7. The van der Waals surface area contributed by atoms with Gasteiger partial charge in [0.2, 0.25) is 11.5 Å². The molecule has 8 nitrogen and oxygen atoms in total. The second kappa shape index (κ2) is 10.5. The van der Waals surface area contributed by atoms with Crippen molar-refractivity contribution in [1.82, 2.24) is 0 Å². The van der Waals surface area contributed by atoms with Crippen LogP contribution in [-0.4, -0.2) is 55.6 Å². The number of aryl methyl sites for hydroxylation is 1. The van der Waals surface area contributed by atoms with Crippen LogP contribution in [0.2, 0.25) is 0 Å². The number of methoxy groups -OCH3 is 7. The number of ketones is 1. The number of benzene rings is 3. The maximum Gasteiger partial charge on any atom is 0.203 e. The van der Waals surface area contributed by atoms with E-state index in [1.165, 1.54) is 7.11 Å². The topological polar surface area (TPSA) is 81.7 Å². The molecule has 0 aliphatic heterocycles. The average molecular weight is 509 g/mol. The van der Waals surface area contributed by atoms with Crippen molar-refractivity contribution in [3.05, 3.63) is 64.2 Å². The summed E-state index contributed by atoms with van der Waals surface area (Å²) >= 11 is 0. The molecule has 3 aromatic rings. The number of Topliss-reactive ketones (excluding diaryl/α,β-unsaturated/α-hetero) is 1. The normalized spacial score (nSPS) is 16.2. The zero-order chi connectivity index (χ0) is 26.9. The Labute approximate surface area is 217 Å². The van der Waals surface area contributed by atoms with Crippen LogP contribution < -0.4 is 33.2 Å². The largest absolute Gasteiger partial charge is 0.496 e. The molecule has 0 spiro atoms. The van der Waals surface area contributed by atoms with E-state index in [9.17, 15) is 4.79 Å². The van der Waals surface area contributed by atoms with Crippen LogP contribution in [0.1, 0.15) is 44.4 Å². The van der Waals surface area contributed by atoms with E-state index in [1.807, 2.05) is 37.3 Å². The van der Waals surface area contributed by atoms with Gasteiger partial charge in [-0.15, -0.1) is 0 Å². The van der Waals surface area contributed by atoms with Crippen molar-refractivity contribution in [1.29, 1.82) is 0 Å². The van der Waals surface area contributed by atoms with Crippen LogP contribution in [0.15, 0.2) is 36.4 Å². The first-order valence-electron chi connectivity index (χ1n) is 11.7. The number of carbonyl (C=O) groups is 1. The van der Waals surface area contributed by atoms with Crippen LogP contribution >= 0.6 is 0 Å². The first-order chi connectivity index (χ1) is 17.9. The van der Waals surface area contributed by atoms with E-state index in [0.29, 0.717) is 45.6 Å². The Kier molecular flexibility index (Phi) is 7.38. The molecule has 0 heterocycles. The highest BCUT2D eigenvalue weighted by molar-refractivity contribution is 6.08. The Hall–Kier alpha value is -4.07. The van der Waals surface area contributed by atoms with Gasteiger partial charge in [-0.05, 0) is 47.9 Å². The Balaban J connectivity index is 2.05. The van der Waals surface area contributed by atoms with Gasteiger partial charge in [-0.2, -0.15) is 0 Å². The second-order valence-electron chi connectivity index (χ2n) is 8.61. The lowest BCUT2D eigenvalue weighted by molar-refractivity contribution is 0.0967. The van der Waals surface area contributed by atoms with Crippen molar-refractivity contribution in [2.45, 2.75) is 18.8 Å². The van der Waals surface area contributed by atoms with E-state index >= 15 is 0 Å². The fraction of sp³-hybridized carbons (Fsp3) is 0.345. The molecule has 196 valence electrons. The lowest BCUT2D eigenvalue weighted by Crippen LogP contribution is -2.14. The molecule has 0 aromatic heterocycles. The molecule has 0 saturated heterocycles. The Morgan fingerprint density at radius 3 is 1.57 bits per heavy atom. The van der Waals surface area contributed by atoms with Gasteiger partial charge in [-0.3, -0.25) is 4.79 Å². The summed E-state index contributed by atoms with van der Waals surface area (Å²) < 4.78 is 39.3. The van der Waals surface area contributed by atoms with Crippen molar-refractivity contribution in [2.24, 2.45) is 0 Å². The maximum absolute atomic E-state index is 14.2. The van der Waals surface area contributed by atoms with Gasteiger partial charge in [-0.25, -0.2) is 0 Å². The first-order valence-corrected chi connectivity index (χ1v) is 11.7. The summed E-state index contributed by atoms with van der Waals surface area (Å²) in [5.74, 6) is 2.36. The van der Waals surface area contributed by atoms with Crippen molar-refractivity contribution in [3.8, 4) is 40.2 Å². The van der Waals surface area contributed by atoms with Crippen molar-refractivity contribution in [2.75, 3.05) is 49.8 Å². The van der Waals surface area contributed by atoms with Crippen LogP contribution in [0.5, 0.6) is 40.2 Å². The van der Waals surface area contributed by atoms with E-state index in [0.717, 1.165) is 22.4 Å². The molecule has 0 amide bonds. The smallest absolute Gasteiger partial charge is 0.203 e. The minimum absolute atomic E-state index is 0.0815. The molecule has 0 saturated carbocycles. The molecule has 4 rings (SSSR count). The van der Waals surface area contributed by atoms with E-state index in [4.69, 9.17) is 33.2 Å². The molecule has 0 N–H and O–H groups in total. The maximum atomic E-state index is 14.2. The standard InChI is InChI=1S/C29H32O8/c1-15-11-16(9-10-19(15)31-2)23-24(17-12-20(32-3)27(35-6)21(13-17)33-4)26(30)18-14-22(34-5)28(36-7)29(37-8)25(18)23/h9-14,23-24H,1-8H3/t23-,24-/m0/s1. The highest BCUT2D eigenvalue weighted by Crippen LogP contribution is 2.57. The van der Waals surface area contributed by atoms with Gasteiger partial charge in [0.25, 0.3) is 0 Å². The lowest BCUT2D eigenvalue weighted by Gasteiger charge is -2.24. The predicted octanol–water partition coefficient (Wildman–Crippen LogP) is 5.17. The number of fused-ring (bicyclic) bond motifs is 1. The highest BCUT2D eigenvalue weighted by atomic mass is 16.5. The van der Waals surface area contributed by atoms with Gasteiger partial charge in [0, 0.05) is 17.0 Å². The summed E-state index contributed by atoms with van der Waals surface area (Å²) in [7, 11) is 10.9. The average Bonchev–Trinajstić information content (AvgIpc) is 3.22. The van der Waals surface area contributed by atoms with Crippen LogP contribution in [0.25, 0.3) is 0 Å². The summed E-state index contributed by atoms with van der Waals surface area (Å²) in [5, 5.41) is 0. The summed E-state index contributed by atoms with van der Waals surface area (Å²) in [6, 6.07) is 11.3. The Bertz CT molecular complexity index is 1300. The monoisotopic (exact) mass is 508 g/mol. The molecule has 3 aromatic carbocycles. The second-order valence-corrected chi connectivity index (χ2v) is 8.61. The molecule has 37 heavy (non-hydrogen) atoms. The first kappa shape index (κ1) is 26.0. The van der Waals surface area contributed by atoms with Crippen LogP contribution in [0.4, 0.5) is 0 Å². The molecule has 2 atom stereocenters. The number of carbonyl (C=O) groups excluding carboxylic acids is 1. The fourth-order valence-electron chi connectivity index (χ4n) is 5.26. The van der Waals surface area contributed by atoms with Gasteiger partial charge >= 0.3 is 0 Å². The molecular weight excluding hydrogens is 476 g/mol. The highest BCUT2D eigenvalue weighted by Gasteiger charge is 2.46. The summed E-state index contributed by atoms with van der Waals surface area (Å²) in [6.45, 7) is 1.97.